The third-order valence-electron chi connectivity index (χ3n) is 2.34. The Labute approximate surface area is 105 Å². The molecule has 0 saturated heterocycles. The van der Waals surface area contributed by atoms with Crippen LogP contribution >= 0.6 is 11.6 Å². The van der Waals surface area contributed by atoms with Crippen molar-refractivity contribution in [3.63, 3.8) is 0 Å². The van der Waals surface area contributed by atoms with Gasteiger partial charge < -0.3 is 4.90 Å². The highest BCUT2D eigenvalue weighted by Crippen LogP contribution is 2.33. The van der Waals surface area contributed by atoms with Crippen LogP contribution in [-0.4, -0.2) is 11.7 Å². The predicted octanol–water partition coefficient (Wildman–Crippen LogP) is 3.77. The zero-order chi connectivity index (χ0) is 13.3. The van der Waals surface area contributed by atoms with E-state index < -0.39 is 23.1 Å². The van der Waals surface area contributed by atoms with Gasteiger partial charge in [0.1, 0.15) is 11.3 Å². The van der Waals surface area contributed by atoms with Gasteiger partial charge in [-0.2, -0.15) is 13.2 Å². The van der Waals surface area contributed by atoms with E-state index in [1.54, 1.807) is 0 Å². The molecule has 2 rings (SSSR count). The Morgan fingerprint density at radius 2 is 2.00 bits per heavy atom. The average Bonchev–Trinajstić information content (AvgIpc) is 2.29. The first-order valence-electron chi connectivity index (χ1n) is 4.89. The van der Waals surface area contributed by atoms with Crippen LogP contribution in [0.25, 0.3) is 0 Å². The number of hydrogen-bond donors (Lipinski definition) is 0. The summed E-state index contributed by atoms with van der Waals surface area (Å²) in [6.07, 6.45) is -0.461. The summed E-state index contributed by atoms with van der Waals surface area (Å²) in [7, 11) is 0. The Bertz CT molecular complexity index is 510. The molecule has 7 heteroatoms. The highest BCUT2D eigenvalue weighted by molar-refractivity contribution is 6.30. The lowest BCUT2D eigenvalue weighted by Crippen LogP contribution is -2.29. The Kier molecular flexibility index (Phi) is 3.30. The molecule has 0 aromatic heterocycles. The second-order valence-corrected chi connectivity index (χ2v) is 3.99. The second-order valence-electron chi connectivity index (χ2n) is 3.54. The van der Waals surface area contributed by atoms with E-state index in [9.17, 15) is 17.6 Å². The van der Waals surface area contributed by atoms with Crippen LogP contribution in [0.3, 0.4) is 0 Å². The first-order valence-corrected chi connectivity index (χ1v) is 5.32. The van der Waals surface area contributed by atoms with Crippen molar-refractivity contribution in [2.75, 3.05) is 4.90 Å². The van der Waals surface area contributed by atoms with Crippen LogP contribution in [0.1, 0.15) is 5.56 Å². The molecular weight excluding hydrogens is 272 g/mol. The molecule has 18 heavy (non-hydrogen) atoms. The van der Waals surface area contributed by atoms with E-state index in [4.69, 9.17) is 11.6 Å². The molecule has 1 aliphatic heterocycles. The first-order chi connectivity index (χ1) is 8.39. The summed E-state index contributed by atoms with van der Waals surface area (Å²) in [6, 6.07) is 2.29. The van der Waals surface area contributed by atoms with E-state index in [1.165, 1.54) is 23.5 Å². The summed E-state index contributed by atoms with van der Waals surface area (Å²) in [5.41, 5.74) is -1.81. The molecular formula is C11H7ClF4N2. The van der Waals surface area contributed by atoms with Crippen molar-refractivity contribution in [1.29, 1.82) is 0 Å². The topological polar surface area (TPSA) is 15.6 Å². The molecule has 0 fully saturated rings. The number of rotatable bonds is 1. The van der Waals surface area contributed by atoms with Gasteiger partial charge >= 0.3 is 6.18 Å². The molecule has 2 nitrogen and oxygen atoms in total. The molecule has 0 bridgehead atoms. The minimum atomic E-state index is -4.57. The monoisotopic (exact) mass is 278 g/mol. The van der Waals surface area contributed by atoms with Crippen LogP contribution in [0.4, 0.5) is 23.2 Å². The highest BCUT2D eigenvalue weighted by atomic mass is 35.5. The molecule has 0 aliphatic carbocycles. The summed E-state index contributed by atoms with van der Waals surface area (Å²) < 4.78 is 50.8. The lowest BCUT2D eigenvalue weighted by atomic mass is 10.1. The smallest absolute Gasteiger partial charge is 0.322 e. The molecule has 0 radical (unpaired) electrons. The van der Waals surface area contributed by atoms with Gasteiger partial charge in [-0.3, -0.25) is 4.99 Å². The maximum Gasteiger partial charge on any atom is 0.416 e. The predicted molar refractivity (Wildman–Crippen MR) is 61.2 cm³/mol. The lowest BCUT2D eigenvalue weighted by Gasteiger charge is -2.25. The minimum absolute atomic E-state index is 0.0367. The third kappa shape index (κ3) is 2.48. The number of aliphatic imine (C=N–C) groups is 1. The van der Waals surface area contributed by atoms with Gasteiger partial charge in [0.25, 0.3) is 0 Å². The molecule has 1 aromatic carbocycles. The van der Waals surface area contributed by atoms with Crippen molar-refractivity contribution in [1.82, 2.24) is 0 Å². The fourth-order valence-corrected chi connectivity index (χ4v) is 1.73. The van der Waals surface area contributed by atoms with Gasteiger partial charge in [0.2, 0.25) is 0 Å². The number of hydrogen-bond acceptors (Lipinski definition) is 2. The normalized spacial score (nSPS) is 19.4. The van der Waals surface area contributed by atoms with Crippen molar-refractivity contribution >= 4 is 23.5 Å². The van der Waals surface area contributed by atoms with Crippen molar-refractivity contribution in [3.05, 3.63) is 42.0 Å². The second kappa shape index (κ2) is 4.61. The molecule has 1 aliphatic rings. The zero-order valence-electron chi connectivity index (χ0n) is 8.83. The number of anilines is 1. The average molecular weight is 279 g/mol. The maximum atomic E-state index is 13.7. The van der Waals surface area contributed by atoms with E-state index in [-0.39, 0.29) is 5.69 Å². The lowest BCUT2D eigenvalue weighted by molar-refractivity contribution is -0.137. The Hall–Kier alpha value is -1.56. The molecule has 1 unspecified atom stereocenters. The Morgan fingerprint density at radius 3 is 2.56 bits per heavy atom. The van der Waals surface area contributed by atoms with Crippen LogP contribution in [0, 0.1) is 5.82 Å². The van der Waals surface area contributed by atoms with Crippen molar-refractivity contribution in [2.45, 2.75) is 11.7 Å². The molecule has 0 N–H and O–H groups in total. The molecule has 1 aromatic rings. The molecule has 0 saturated carbocycles. The molecule has 96 valence electrons. The van der Waals surface area contributed by atoms with E-state index in [0.717, 1.165) is 12.1 Å². The molecule has 1 atom stereocenters. The van der Waals surface area contributed by atoms with Crippen LogP contribution < -0.4 is 4.90 Å². The maximum absolute atomic E-state index is 13.7. The van der Waals surface area contributed by atoms with E-state index in [1.807, 2.05) is 0 Å². The van der Waals surface area contributed by atoms with Gasteiger partial charge in [-0.25, -0.2) is 4.39 Å². The van der Waals surface area contributed by atoms with E-state index >= 15 is 0 Å². The minimum Gasteiger partial charge on any atom is -0.322 e. The molecule has 0 spiro atoms. The van der Waals surface area contributed by atoms with Crippen LogP contribution in [0.15, 0.2) is 35.6 Å². The van der Waals surface area contributed by atoms with Crippen LogP contribution in [0.2, 0.25) is 0 Å². The SMILES string of the molecule is Fc1cc(C(F)(F)F)ccc1N1C=CN=CC1Cl. The molecule has 0 amide bonds. The fourth-order valence-electron chi connectivity index (χ4n) is 1.49. The number of halogens is 5. The fraction of sp³-hybridized carbons (Fsp3) is 0.182. The van der Waals surface area contributed by atoms with Gasteiger partial charge in [0.15, 0.2) is 0 Å². The van der Waals surface area contributed by atoms with Gasteiger partial charge in [0.05, 0.1) is 11.3 Å². The van der Waals surface area contributed by atoms with Gasteiger partial charge in [-0.15, -0.1) is 0 Å². The standard InChI is InChI=1S/C11H7ClF4N2/c12-10-6-17-3-4-18(10)9-2-1-7(5-8(9)13)11(14,15)16/h1-6,10H. The summed E-state index contributed by atoms with van der Waals surface area (Å²) in [5.74, 6) is -0.990. The van der Waals surface area contributed by atoms with Crippen molar-refractivity contribution in [3.8, 4) is 0 Å². The van der Waals surface area contributed by atoms with Gasteiger partial charge in [0, 0.05) is 18.6 Å². The van der Waals surface area contributed by atoms with E-state index in [2.05, 4.69) is 4.99 Å². The number of alkyl halides is 4. The van der Waals surface area contributed by atoms with Gasteiger partial charge in [-0.05, 0) is 18.2 Å². The highest BCUT2D eigenvalue weighted by Gasteiger charge is 2.31. The third-order valence-corrected chi connectivity index (χ3v) is 2.66. The number of benzene rings is 1. The number of nitrogens with zero attached hydrogens (tertiary/aromatic N) is 2. The van der Waals surface area contributed by atoms with E-state index in [0.29, 0.717) is 6.07 Å². The summed E-state index contributed by atoms with van der Waals surface area (Å²) in [4.78, 5) is 5.02. The van der Waals surface area contributed by atoms with Crippen molar-refractivity contribution < 1.29 is 17.6 Å². The van der Waals surface area contributed by atoms with Crippen molar-refractivity contribution in [2.24, 2.45) is 4.99 Å². The summed E-state index contributed by atoms with van der Waals surface area (Å²) in [6.45, 7) is 0. The Balaban J connectivity index is 2.36. The van der Waals surface area contributed by atoms with Crippen LogP contribution in [-0.2, 0) is 6.18 Å². The molecule has 1 heterocycles. The summed E-state index contributed by atoms with van der Waals surface area (Å²) in [5, 5.41) is 0. The Morgan fingerprint density at radius 1 is 1.28 bits per heavy atom. The first kappa shape index (κ1) is 12.9. The largest absolute Gasteiger partial charge is 0.416 e. The quantitative estimate of drug-likeness (QED) is 0.434. The summed E-state index contributed by atoms with van der Waals surface area (Å²) >= 11 is 5.86. The van der Waals surface area contributed by atoms with Crippen LogP contribution in [0.5, 0.6) is 0 Å². The zero-order valence-corrected chi connectivity index (χ0v) is 9.58. The van der Waals surface area contributed by atoms with Gasteiger partial charge in [-0.1, -0.05) is 11.6 Å².